The highest BCUT2D eigenvalue weighted by Gasteiger charge is 2.33. The lowest BCUT2D eigenvalue weighted by Crippen LogP contribution is -2.25. The van der Waals surface area contributed by atoms with Crippen molar-refractivity contribution < 1.29 is 14.6 Å². The molecule has 1 aromatic rings. The van der Waals surface area contributed by atoms with Gasteiger partial charge >= 0.3 is 5.97 Å². The van der Waals surface area contributed by atoms with Gasteiger partial charge in [0.25, 0.3) is 0 Å². The van der Waals surface area contributed by atoms with Gasteiger partial charge in [0.15, 0.2) is 0 Å². The van der Waals surface area contributed by atoms with Crippen LogP contribution in [0.5, 0.6) is 5.75 Å². The van der Waals surface area contributed by atoms with Crippen LogP contribution in [0.25, 0.3) is 0 Å². The van der Waals surface area contributed by atoms with Gasteiger partial charge in [0.05, 0.1) is 18.6 Å². The van der Waals surface area contributed by atoms with Crippen LogP contribution in [0.2, 0.25) is 5.02 Å². The summed E-state index contributed by atoms with van der Waals surface area (Å²) in [6.45, 7) is 5.96. The monoisotopic (exact) mass is 310 g/mol. The predicted octanol–water partition coefficient (Wildman–Crippen LogP) is 4.29. The van der Waals surface area contributed by atoms with Crippen LogP contribution in [0.3, 0.4) is 0 Å². The second kappa shape index (κ2) is 5.88. The molecule has 0 bridgehead atoms. The fourth-order valence-corrected chi connectivity index (χ4v) is 3.98. The molecule has 1 aliphatic rings. The molecule has 0 spiro atoms. The topological polar surface area (TPSA) is 46.5 Å². The molecule has 0 amide bonds. The molecule has 116 valence electrons. The Morgan fingerprint density at radius 1 is 1.29 bits per heavy atom. The van der Waals surface area contributed by atoms with E-state index in [4.69, 9.17) is 16.3 Å². The highest BCUT2D eigenvalue weighted by Crippen LogP contribution is 2.46. The average molecular weight is 311 g/mol. The summed E-state index contributed by atoms with van der Waals surface area (Å²) in [5.41, 5.74) is 4.06. The second-order valence-electron chi connectivity index (χ2n) is 6.47. The minimum absolute atomic E-state index is 0.0549. The maximum atomic E-state index is 11.2. The molecule has 1 N–H and O–H groups in total. The summed E-state index contributed by atoms with van der Waals surface area (Å²) in [4.78, 5) is 11.2. The first-order valence-electron chi connectivity index (χ1n) is 7.39. The van der Waals surface area contributed by atoms with E-state index in [0.717, 1.165) is 36.8 Å². The maximum absolute atomic E-state index is 11.2. The highest BCUT2D eigenvalue weighted by atomic mass is 35.5. The van der Waals surface area contributed by atoms with Crippen molar-refractivity contribution in [2.45, 2.75) is 58.3 Å². The maximum Gasteiger partial charge on any atom is 0.304 e. The van der Waals surface area contributed by atoms with Crippen molar-refractivity contribution in [3.05, 3.63) is 27.3 Å². The minimum atomic E-state index is -0.810. The molecule has 0 aliphatic heterocycles. The summed E-state index contributed by atoms with van der Waals surface area (Å²) >= 11 is 6.57. The quantitative estimate of drug-likeness (QED) is 0.902. The van der Waals surface area contributed by atoms with Gasteiger partial charge in [0, 0.05) is 11.0 Å². The Hall–Kier alpha value is -1.22. The Morgan fingerprint density at radius 3 is 2.38 bits per heavy atom. The van der Waals surface area contributed by atoms with Crippen molar-refractivity contribution in [1.82, 2.24) is 0 Å². The Labute approximate surface area is 131 Å². The van der Waals surface area contributed by atoms with Crippen molar-refractivity contribution in [1.29, 1.82) is 0 Å². The summed E-state index contributed by atoms with van der Waals surface area (Å²) in [7, 11) is 1.61. The molecule has 3 nitrogen and oxygen atoms in total. The number of aliphatic carboxylic acids is 1. The van der Waals surface area contributed by atoms with E-state index in [-0.39, 0.29) is 6.42 Å². The minimum Gasteiger partial charge on any atom is -0.495 e. The molecule has 1 aromatic carbocycles. The molecular formula is C17H23ClO3. The van der Waals surface area contributed by atoms with Gasteiger partial charge in [-0.2, -0.15) is 0 Å². The molecule has 0 fully saturated rings. The third-order valence-corrected chi connectivity index (χ3v) is 4.86. The van der Waals surface area contributed by atoms with E-state index in [2.05, 4.69) is 6.92 Å². The van der Waals surface area contributed by atoms with E-state index < -0.39 is 11.4 Å². The Morgan fingerprint density at radius 2 is 1.86 bits per heavy atom. The molecule has 21 heavy (non-hydrogen) atoms. The normalized spacial score (nSPS) is 14.7. The number of halogens is 1. The fraction of sp³-hybridized carbons (Fsp3) is 0.588. The van der Waals surface area contributed by atoms with E-state index in [1.54, 1.807) is 7.11 Å². The summed E-state index contributed by atoms with van der Waals surface area (Å²) in [5.74, 6) is -0.156. The van der Waals surface area contributed by atoms with Gasteiger partial charge in [-0.25, -0.2) is 0 Å². The molecular weight excluding hydrogens is 288 g/mol. The van der Waals surface area contributed by atoms with Crippen LogP contribution in [0.1, 0.15) is 55.4 Å². The number of benzene rings is 1. The van der Waals surface area contributed by atoms with Crippen molar-refractivity contribution in [3.8, 4) is 5.75 Å². The van der Waals surface area contributed by atoms with Crippen LogP contribution < -0.4 is 4.74 Å². The van der Waals surface area contributed by atoms with Gasteiger partial charge in [-0.3, -0.25) is 4.79 Å². The largest absolute Gasteiger partial charge is 0.495 e. The molecule has 0 atom stereocenters. The SMILES string of the molecule is COc1c(Cl)c2c(c(C)c1C(C)(C)CC(=O)O)CCCC2. The van der Waals surface area contributed by atoms with E-state index in [1.165, 1.54) is 11.1 Å². The number of hydrogen-bond acceptors (Lipinski definition) is 2. The first-order valence-corrected chi connectivity index (χ1v) is 7.77. The van der Waals surface area contributed by atoms with E-state index in [1.807, 2.05) is 13.8 Å². The van der Waals surface area contributed by atoms with Crippen LogP contribution in [-0.2, 0) is 23.1 Å². The average Bonchev–Trinajstić information content (AvgIpc) is 2.40. The zero-order valence-corrected chi connectivity index (χ0v) is 13.9. The number of carboxylic acid groups (broad SMARTS) is 1. The molecule has 0 radical (unpaired) electrons. The number of methoxy groups -OCH3 is 1. The van der Waals surface area contributed by atoms with Gasteiger partial charge in [0.1, 0.15) is 5.75 Å². The third-order valence-electron chi connectivity index (χ3n) is 4.46. The molecule has 0 unspecified atom stereocenters. The smallest absolute Gasteiger partial charge is 0.304 e. The zero-order valence-electron chi connectivity index (χ0n) is 13.2. The van der Waals surface area contributed by atoms with Crippen LogP contribution in [0.15, 0.2) is 0 Å². The van der Waals surface area contributed by atoms with Crippen LogP contribution >= 0.6 is 11.6 Å². The first-order chi connectivity index (χ1) is 9.79. The van der Waals surface area contributed by atoms with Crippen molar-refractivity contribution in [2.75, 3.05) is 7.11 Å². The number of ether oxygens (including phenoxy) is 1. The lowest BCUT2D eigenvalue weighted by atomic mass is 9.75. The zero-order chi connectivity index (χ0) is 15.8. The number of rotatable bonds is 4. The summed E-state index contributed by atoms with van der Waals surface area (Å²) < 4.78 is 5.57. The molecule has 0 heterocycles. The summed E-state index contributed by atoms with van der Waals surface area (Å²) in [6, 6.07) is 0. The number of carboxylic acids is 1. The number of hydrogen-bond donors (Lipinski definition) is 1. The molecule has 0 saturated heterocycles. The third kappa shape index (κ3) is 2.89. The van der Waals surface area contributed by atoms with Gasteiger partial charge < -0.3 is 9.84 Å². The lowest BCUT2D eigenvalue weighted by molar-refractivity contribution is -0.138. The van der Waals surface area contributed by atoms with Crippen LogP contribution in [0, 0.1) is 6.92 Å². The second-order valence-corrected chi connectivity index (χ2v) is 6.84. The van der Waals surface area contributed by atoms with Gasteiger partial charge in [-0.1, -0.05) is 25.4 Å². The van der Waals surface area contributed by atoms with Crippen molar-refractivity contribution in [3.63, 3.8) is 0 Å². The fourth-order valence-electron chi connectivity index (χ4n) is 3.60. The summed E-state index contributed by atoms with van der Waals surface area (Å²) in [5, 5.41) is 9.87. The first kappa shape index (κ1) is 16.2. The van der Waals surface area contributed by atoms with Gasteiger partial charge in [0.2, 0.25) is 0 Å². The molecule has 2 rings (SSSR count). The number of fused-ring (bicyclic) bond motifs is 1. The van der Waals surface area contributed by atoms with Crippen molar-refractivity contribution in [2.24, 2.45) is 0 Å². The molecule has 0 aromatic heterocycles. The summed E-state index contributed by atoms with van der Waals surface area (Å²) in [6.07, 6.45) is 4.35. The van der Waals surface area contributed by atoms with Crippen LogP contribution in [0.4, 0.5) is 0 Å². The molecule has 4 heteroatoms. The lowest BCUT2D eigenvalue weighted by Gasteiger charge is -2.32. The van der Waals surface area contributed by atoms with E-state index in [0.29, 0.717) is 10.8 Å². The van der Waals surface area contributed by atoms with Crippen molar-refractivity contribution >= 4 is 17.6 Å². The van der Waals surface area contributed by atoms with E-state index in [9.17, 15) is 9.90 Å². The van der Waals surface area contributed by atoms with Gasteiger partial charge in [-0.05, 0) is 49.3 Å². The Balaban J connectivity index is 2.70. The standard InChI is InChI=1S/C17H23ClO3/c1-10-11-7-5-6-8-12(11)15(18)16(21-4)14(10)17(2,3)9-13(19)20/h5-9H2,1-4H3,(H,19,20). The Bertz CT molecular complexity index is 576. The highest BCUT2D eigenvalue weighted by molar-refractivity contribution is 6.33. The number of carbonyl (C=O) groups is 1. The molecule has 1 aliphatic carbocycles. The van der Waals surface area contributed by atoms with Crippen LogP contribution in [-0.4, -0.2) is 18.2 Å². The van der Waals surface area contributed by atoms with Gasteiger partial charge in [-0.15, -0.1) is 0 Å². The van der Waals surface area contributed by atoms with E-state index >= 15 is 0 Å². The molecule has 0 saturated carbocycles. The predicted molar refractivity (Wildman–Crippen MR) is 84.7 cm³/mol. The Kier molecular flexibility index (Phi) is 4.52.